The van der Waals surface area contributed by atoms with E-state index in [2.05, 4.69) is 4.72 Å². The third-order valence-electron chi connectivity index (χ3n) is 3.16. The Hall–Kier alpha value is -2.34. The molecular formula is C17H19NO4S. The van der Waals surface area contributed by atoms with Gasteiger partial charge < -0.3 is 4.74 Å². The van der Waals surface area contributed by atoms with Crippen LogP contribution in [0, 0.1) is 0 Å². The van der Waals surface area contributed by atoms with Gasteiger partial charge in [0.05, 0.1) is 17.1 Å². The number of carbonyl (C=O) groups excluding carboxylic acids is 1. The minimum absolute atomic E-state index is 0.183. The Morgan fingerprint density at radius 1 is 1.04 bits per heavy atom. The molecule has 5 nitrogen and oxygen atoms in total. The van der Waals surface area contributed by atoms with Gasteiger partial charge in [0.15, 0.2) is 0 Å². The smallest absolute Gasteiger partial charge is 0.338 e. The molecule has 2 aromatic carbocycles. The van der Waals surface area contributed by atoms with Gasteiger partial charge in [-0.3, -0.25) is 4.72 Å². The second-order valence-electron chi connectivity index (χ2n) is 4.99. The van der Waals surface area contributed by atoms with E-state index in [4.69, 9.17) is 4.74 Å². The third-order valence-corrected chi connectivity index (χ3v) is 4.55. The molecule has 6 heteroatoms. The molecule has 0 amide bonds. The summed E-state index contributed by atoms with van der Waals surface area (Å²) in [7, 11) is -3.63. The molecule has 0 bridgehead atoms. The number of unbranched alkanes of at least 4 members (excludes halogenated alkanes) is 1. The molecule has 0 saturated heterocycles. The molecule has 23 heavy (non-hydrogen) atoms. The molecule has 0 atom stereocenters. The van der Waals surface area contributed by atoms with Crippen molar-refractivity contribution in [1.29, 1.82) is 0 Å². The SMILES string of the molecule is CCCCOC(=O)c1ccc(NS(=O)(=O)c2ccccc2)cc1. The van der Waals surface area contributed by atoms with E-state index in [1.54, 1.807) is 18.2 Å². The second kappa shape index (κ2) is 7.78. The normalized spacial score (nSPS) is 11.0. The van der Waals surface area contributed by atoms with E-state index in [0.29, 0.717) is 17.9 Å². The quantitative estimate of drug-likeness (QED) is 0.622. The molecule has 0 spiro atoms. The number of sulfonamides is 1. The highest BCUT2D eigenvalue weighted by Crippen LogP contribution is 2.16. The molecule has 0 fully saturated rings. The molecule has 0 saturated carbocycles. The fourth-order valence-corrected chi connectivity index (χ4v) is 2.96. The average Bonchev–Trinajstić information content (AvgIpc) is 2.56. The van der Waals surface area contributed by atoms with Crippen molar-refractivity contribution in [2.75, 3.05) is 11.3 Å². The van der Waals surface area contributed by atoms with Gasteiger partial charge in [-0.1, -0.05) is 31.5 Å². The molecule has 0 aliphatic carbocycles. The van der Waals surface area contributed by atoms with Crippen molar-refractivity contribution in [3.63, 3.8) is 0 Å². The van der Waals surface area contributed by atoms with Gasteiger partial charge in [-0.25, -0.2) is 13.2 Å². The Kier molecular flexibility index (Phi) is 5.76. The topological polar surface area (TPSA) is 72.5 Å². The molecule has 1 N–H and O–H groups in total. The number of hydrogen-bond donors (Lipinski definition) is 1. The van der Waals surface area contributed by atoms with Crippen molar-refractivity contribution in [2.24, 2.45) is 0 Å². The molecule has 0 unspecified atom stereocenters. The number of carbonyl (C=O) groups is 1. The van der Waals surface area contributed by atoms with Crippen LogP contribution in [0.25, 0.3) is 0 Å². The molecule has 2 rings (SSSR count). The maximum Gasteiger partial charge on any atom is 0.338 e. The summed E-state index contributed by atoms with van der Waals surface area (Å²) in [6.45, 7) is 2.40. The van der Waals surface area contributed by atoms with Gasteiger partial charge in [0, 0.05) is 5.69 Å². The number of esters is 1. The molecular weight excluding hydrogens is 314 g/mol. The summed E-state index contributed by atoms with van der Waals surface area (Å²) < 4.78 is 32.0. The van der Waals surface area contributed by atoms with Gasteiger partial charge in [-0.2, -0.15) is 0 Å². The first kappa shape index (κ1) is 17.0. The zero-order valence-corrected chi connectivity index (χ0v) is 13.7. The number of benzene rings is 2. The van der Waals surface area contributed by atoms with Crippen LogP contribution in [0.2, 0.25) is 0 Å². The van der Waals surface area contributed by atoms with Gasteiger partial charge in [0.1, 0.15) is 0 Å². The average molecular weight is 333 g/mol. The largest absolute Gasteiger partial charge is 0.462 e. The zero-order chi connectivity index (χ0) is 16.7. The summed E-state index contributed by atoms with van der Waals surface area (Å²) in [6.07, 6.45) is 1.77. The lowest BCUT2D eigenvalue weighted by Gasteiger charge is -2.09. The standard InChI is InChI=1S/C17H19NO4S/c1-2-3-13-22-17(19)14-9-11-15(12-10-14)18-23(20,21)16-7-5-4-6-8-16/h4-12,18H,2-3,13H2,1H3. The van der Waals surface area contributed by atoms with Crippen LogP contribution in [0.1, 0.15) is 30.1 Å². The van der Waals surface area contributed by atoms with Gasteiger partial charge in [0.2, 0.25) is 0 Å². The summed E-state index contributed by atoms with van der Waals surface area (Å²) in [5, 5.41) is 0. The summed E-state index contributed by atoms with van der Waals surface area (Å²) >= 11 is 0. The maximum atomic E-state index is 12.2. The number of ether oxygens (including phenoxy) is 1. The number of anilines is 1. The fraction of sp³-hybridized carbons (Fsp3) is 0.235. The minimum Gasteiger partial charge on any atom is -0.462 e. The first-order valence-corrected chi connectivity index (χ1v) is 8.86. The molecule has 2 aromatic rings. The molecule has 0 radical (unpaired) electrons. The lowest BCUT2D eigenvalue weighted by Crippen LogP contribution is -2.13. The van der Waals surface area contributed by atoms with E-state index < -0.39 is 16.0 Å². The third kappa shape index (κ3) is 4.82. The summed E-state index contributed by atoms with van der Waals surface area (Å²) in [5.41, 5.74) is 0.780. The van der Waals surface area contributed by atoms with Crippen LogP contribution < -0.4 is 4.72 Å². The predicted octanol–water partition coefficient (Wildman–Crippen LogP) is 3.44. The summed E-state index contributed by atoms with van der Waals surface area (Å²) in [4.78, 5) is 12.0. The lowest BCUT2D eigenvalue weighted by molar-refractivity contribution is 0.0500. The zero-order valence-electron chi connectivity index (χ0n) is 12.9. The van der Waals surface area contributed by atoms with Crippen LogP contribution >= 0.6 is 0 Å². The monoisotopic (exact) mass is 333 g/mol. The van der Waals surface area contributed by atoms with E-state index in [-0.39, 0.29) is 4.90 Å². The van der Waals surface area contributed by atoms with Gasteiger partial charge in [-0.05, 0) is 42.8 Å². The van der Waals surface area contributed by atoms with Crippen molar-refractivity contribution in [3.05, 3.63) is 60.2 Å². The maximum absolute atomic E-state index is 12.2. The van der Waals surface area contributed by atoms with Crippen LogP contribution in [0.5, 0.6) is 0 Å². The Bertz CT molecular complexity index is 740. The Balaban J connectivity index is 2.04. The van der Waals surface area contributed by atoms with E-state index in [1.165, 1.54) is 36.4 Å². The van der Waals surface area contributed by atoms with E-state index in [9.17, 15) is 13.2 Å². The van der Waals surface area contributed by atoms with Gasteiger partial charge >= 0.3 is 5.97 Å². The van der Waals surface area contributed by atoms with Gasteiger partial charge in [-0.15, -0.1) is 0 Å². The van der Waals surface area contributed by atoms with Crippen LogP contribution in [-0.4, -0.2) is 21.0 Å². The van der Waals surface area contributed by atoms with Crippen molar-refractivity contribution in [1.82, 2.24) is 0 Å². The summed E-state index contributed by atoms with van der Waals surface area (Å²) in [5.74, 6) is -0.407. The Morgan fingerprint density at radius 3 is 2.30 bits per heavy atom. The van der Waals surface area contributed by atoms with Crippen molar-refractivity contribution in [2.45, 2.75) is 24.7 Å². The summed E-state index contributed by atoms with van der Waals surface area (Å²) in [6, 6.07) is 14.2. The van der Waals surface area contributed by atoms with Crippen molar-refractivity contribution in [3.8, 4) is 0 Å². The molecule has 0 aliphatic heterocycles. The van der Waals surface area contributed by atoms with E-state index in [0.717, 1.165) is 12.8 Å². The number of hydrogen-bond acceptors (Lipinski definition) is 4. The van der Waals surface area contributed by atoms with Crippen LogP contribution in [-0.2, 0) is 14.8 Å². The molecule has 0 heterocycles. The van der Waals surface area contributed by atoms with Crippen molar-refractivity contribution >= 4 is 21.7 Å². The van der Waals surface area contributed by atoms with Crippen LogP contribution in [0.4, 0.5) is 5.69 Å². The number of rotatable bonds is 7. The predicted molar refractivity (Wildman–Crippen MR) is 88.9 cm³/mol. The number of nitrogens with one attached hydrogen (secondary N) is 1. The highest BCUT2D eigenvalue weighted by Gasteiger charge is 2.14. The van der Waals surface area contributed by atoms with Crippen LogP contribution in [0.3, 0.4) is 0 Å². The highest BCUT2D eigenvalue weighted by atomic mass is 32.2. The second-order valence-corrected chi connectivity index (χ2v) is 6.67. The highest BCUT2D eigenvalue weighted by molar-refractivity contribution is 7.92. The first-order chi connectivity index (χ1) is 11.0. The first-order valence-electron chi connectivity index (χ1n) is 7.38. The minimum atomic E-state index is -3.63. The molecule has 0 aliphatic rings. The van der Waals surface area contributed by atoms with E-state index >= 15 is 0 Å². The van der Waals surface area contributed by atoms with Crippen LogP contribution in [0.15, 0.2) is 59.5 Å². The van der Waals surface area contributed by atoms with Gasteiger partial charge in [0.25, 0.3) is 10.0 Å². The fourth-order valence-electron chi connectivity index (χ4n) is 1.88. The Labute approximate surface area is 136 Å². The van der Waals surface area contributed by atoms with E-state index in [1.807, 2.05) is 6.92 Å². The van der Waals surface area contributed by atoms with Crippen molar-refractivity contribution < 1.29 is 17.9 Å². The lowest BCUT2D eigenvalue weighted by atomic mass is 10.2. The molecule has 0 aromatic heterocycles. The Morgan fingerprint density at radius 2 is 1.70 bits per heavy atom. The molecule has 122 valence electrons.